The summed E-state index contributed by atoms with van der Waals surface area (Å²) in [5.74, 6) is 7.35. The number of nitrogens with two attached hydrogens (primary N) is 1. The number of benzene rings is 1. The molecule has 0 bridgehead atoms. The quantitative estimate of drug-likeness (QED) is 0.864. The van der Waals surface area contributed by atoms with Crippen molar-refractivity contribution in [1.29, 1.82) is 0 Å². The van der Waals surface area contributed by atoms with Crippen molar-refractivity contribution in [2.75, 3.05) is 6.54 Å². The first-order valence-corrected chi connectivity index (χ1v) is 7.92. The molecule has 110 valence electrons. The van der Waals surface area contributed by atoms with Gasteiger partial charge in [0.15, 0.2) is 0 Å². The van der Waals surface area contributed by atoms with Crippen LogP contribution in [-0.4, -0.2) is 6.54 Å². The number of hydrogen-bond donors (Lipinski definition) is 1. The Bertz CT molecular complexity index is 661. The summed E-state index contributed by atoms with van der Waals surface area (Å²) in [6, 6.07) is 10.5. The monoisotopic (exact) mass is 299 g/mol. The molecule has 1 aromatic heterocycles. The van der Waals surface area contributed by atoms with Crippen LogP contribution in [0, 0.1) is 18.8 Å². The Morgan fingerprint density at radius 1 is 1.24 bits per heavy atom. The summed E-state index contributed by atoms with van der Waals surface area (Å²) in [5.41, 5.74) is 7.85. The van der Waals surface area contributed by atoms with Crippen molar-refractivity contribution in [1.82, 2.24) is 0 Å². The largest absolute Gasteiger partial charge is 0.488 e. The van der Waals surface area contributed by atoms with Gasteiger partial charge in [-0.15, -0.1) is 11.3 Å². The summed E-state index contributed by atoms with van der Waals surface area (Å²) >= 11 is 1.66. The Hall–Kier alpha value is -1.76. The van der Waals surface area contributed by atoms with E-state index in [4.69, 9.17) is 10.5 Å². The van der Waals surface area contributed by atoms with E-state index in [1.165, 1.54) is 16.0 Å². The van der Waals surface area contributed by atoms with Crippen LogP contribution in [0.15, 0.2) is 30.3 Å². The average Bonchev–Trinajstić information content (AvgIpc) is 2.90. The van der Waals surface area contributed by atoms with Crippen molar-refractivity contribution in [3.05, 3.63) is 51.2 Å². The third-order valence-electron chi connectivity index (χ3n) is 3.14. The first kappa shape index (κ1) is 15.6. The molecule has 0 saturated carbocycles. The van der Waals surface area contributed by atoms with E-state index in [1.807, 2.05) is 6.07 Å². The van der Waals surface area contributed by atoms with E-state index in [0.29, 0.717) is 19.1 Å². The van der Waals surface area contributed by atoms with Crippen molar-refractivity contribution >= 4 is 11.3 Å². The molecule has 2 rings (SSSR count). The average molecular weight is 299 g/mol. The molecule has 1 aromatic carbocycles. The molecule has 0 radical (unpaired) electrons. The Labute approximate surface area is 131 Å². The minimum Gasteiger partial charge on any atom is -0.488 e. The molecule has 0 amide bonds. The zero-order chi connectivity index (χ0) is 15.2. The predicted octanol–water partition coefficient (Wildman–Crippen LogP) is 4.07. The highest BCUT2D eigenvalue weighted by molar-refractivity contribution is 7.12. The summed E-state index contributed by atoms with van der Waals surface area (Å²) in [6.45, 7) is 7.43. The first-order valence-electron chi connectivity index (χ1n) is 7.11. The summed E-state index contributed by atoms with van der Waals surface area (Å²) in [6.07, 6.45) is 0. The Morgan fingerprint density at radius 2 is 2.05 bits per heavy atom. The standard InChI is InChI=1S/C18H21NOS/c1-13(2)17-9-6-14(3)11-18(17)20-12-16-8-7-15(21-16)5-4-10-19/h6-9,11,13H,10,12,19H2,1-3H3. The SMILES string of the molecule is Cc1ccc(C(C)C)c(OCc2ccc(C#CCN)s2)c1. The van der Waals surface area contributed by atoms with Gasteiger partial charge in [0.1, 0.15) is 12.4 Å². The van der Waals surface area contributed by atoms with Gasteiger partial charge < -0.3 is 10.5 Å². The molecule has 21 heavy (non-hydrogen) atoms. The van der Waals surface area contributed by atoms with E-state index in [-0.39, 0.29) is 0 Å². The normalized spacial score (nSPS) is 10.3. The van der Waals surface area contributed by atoms with Crippen molar-refractivity contribution in [2.45, 2.75) is 33.3 Å². The van der Waals surface area contributed by atoms with Crippen LogP contribution in [0.4, 0.5) is 0 Å². The van der Waals surface area contributed by atoms with E-state index < -0.39 is 0 Å². The minimum absolute atomic E-state index is 0.394. The third kappa shape index (κ3) is 4.35. The van der Waals surface area contributed by atoms with Crippen LogP contribution in [0.5, 0.6) is 5.75 Å². The topological polar surface area (TPSA) is 35.2 Å². The van der Waals surface area contributed by atoms with Crippen LogP contribution in [0.2, 0.25) is 0 Å². The Morgan fingerprint density at radius 3 is 2.76 bits per heavy atom. The fraction of sp³-hybridized carbons (Fsp3) is 0.333. The Balaban J connectivity index is 2.09. The molecular formula is C18H21NOS. The van der Waals surface area contributed by atoms with Crippen LogP contribution < -0.4 is 10.5 Å². The van der Waals surface area contributed by atoms with Gasteiger partial charge >= 0.3 is 0 Å². The lowest BCUT2D eigenvalue weighted by Gasteiger charge is -2.14. The van der Waals surface area contributed by atoms with Gasteiger partial charge in [-0.3, -0.25) is 0 Å². The molecule has 0 saturated heterocycles. The molecule has 2 N–H and O–H groups in total. The van der Waals surface area contributed by atoms with Crippen LogP contribution in [0.3, 0.4) is 0 Å². The van der Waals surface area contributed by atoms with Gasteiger partial charge in [-0.1, -0.05) is 37.8 Å². The zero-order valence-corrected chi connectivity index (χ0v) is 13.6. The molecule has 0 fully saturated rings. The maximum atomic E-state index is 6.02. The molecule has 1 heterocycles. The van der Waals surface area contributed by atoms with Crippen molar-refractivity contribution in [3.8, 4) is 17.6 Å². The maximum Gasteiger partial charge on any atom is 0.123 e. The fourth-order valence-electron chi connectivity index (χ4n) is 2.05. The molecule has 0 atom stereocenters. The molecule has 0 spiro atoms. The second-order valence-corrected chi connectivity index (χ2v) is 6.42. The van der Waals surface area contributed by atoms with Crippen molar-refractivity contribution < 1.29 is 4.74 Å². The van der Waals surface area contributed by atoms with Crippen LogP contribution in [-0.2, 0) is 6.61 Å². The number of ether oxygens (including phenoxy) is 1. The van der Waals surface area contributed by atoms with Gasteiger partial charge in [-0.2, -0.15) is 0 Å². The van der Waals surface area contributed by atoms with Gasteiger partial charge in [-0.05, 0) is 42.2 Å². The smallest absolute Gasteiger partial charge is 0.123 e. The predicted molar refractivity (Wildman–Crippen MR) is 89.9 cm³/mol. The summed E-state index contributed by atoms with van der Waals surface area (Å²) in [5, 5.41) is 0. The zero-order valence-electron chi connectivity index (χ0n) is 12.8. The van der Waals surface area contributed by atoms with Crippen molar-refractivity contribution in [2.24, 2.45) is 5.73 Å². The fourth-order valence-corrected chi connectivity index (χ4v) is 2.85. The van der Waals surface area contributed by atoms with Crippen LogP contribution in [0.25, 0.3) is 0 Å². The maximum absolute atomic E-state index is 6.02. The third-order valence-corrected chi connectivity index (χ3v) is 4.11. The summed E-state index contributed by atoms with van der Waals surface area (Å²) in [4.78, 5) is 2.21. The number of aryl methyl sites for hydroxylation is 1. The summed E-state index contributed by atoms with van der Waals surface area (Å²) < 4.78 is 6.02. The highest BCUT2D eigenvalue weighted by Crippen LogP contribution is 2.28. The van der Waals surface area contributed by atoms with E-state index in [1.54, 1.807) is 11.3 Å². The first-order chi connectivity index (χ1) is 10.1. The lowest BCUT2D eigenvalue weighted by molar-refractivity contribution is 0.305. The van der Waals surface area contributed by atoms with Gasteiger partial charge in [0.25, 0.3) is 0 Å². The molecule has 2 nitrogen and oxygen atoms in total. The lowest BCUT2D eigenvalue weighted by atomic mass is 10.0. The molecule has 3 heteroatoms. The van der Waals surface area contributed by atoms with Gasteiger partial charge in [0.2, 0.25) is 0 Å². The molecule has 0 aliphatic carbocycles. The molecule has 0 aliphatic heterocycles. The molecule has 0 aliphatic rings. The van der Waals surface area contributed by atoms with Crippen molar-refractivity contribution in [3.63, 3.8) is 0 Å². The summed E-state index contributed by atoms with van der Waals surface area (Å²) in [7, 11) is 0. The minimum atomic E-state index is 0.394. The lowest BCUT2D eigenvalue weighted by Crippen LogP contribution is -1.99. The van der Waals surface area contributed by atoms with Crippen LogP contribution >= 0.6 is 11.3 Å². The van der Waals surface area contributed by atoms with E-state index in [2.05, 4.69) is 56.9 Å². The second-order valence-electron chi connectivity index (χ2n) is 5.26. The number of rotatable bonds is 4. The van der Waals surface area contributed by atoms with Gasteiger partial charge in [0, 0.05) is 4.88 Å². The highest BCUT2D eigenvalue weighted by Gasteiger charge is 2.09. The van der Waals surface area contributed by atoms with Gasteiger partial charge in [0.05, 0.1) is 11.4 Å². The van der Waals surface area contributed by atoms with E-state index in [0.717, 1.165) is 10.6 Å². The molecule has 2 aromatic rings. The van der Waals surface area contributed by atoms with E-state index in [9.17, 15) is 0 Å². The van der Waals surface area contributed by atoms with Crippen LogP contribution in [0.1, 0.15) is 40.6 Å². The Kier molecular flexibility index (Phi) is 5.44. The molecular weight excluding hydrogens is 278 g/mol. The van der Waals surface area contributed by atoms with E-state index >= 15 is 0 Å². The molecule has 0 unspecified atom stereocenters. The number of thiophene rings is 1. The van der Waals surface area contributed by atoms with Gasteiger partial charge in [-0.25, -0.2) is 0 Å². The second kappa shape index (κ2) is 7.31. The highest BCUT2D eigenvalue weighted by atomic mass is 32.1. The number of hydrogen-bond acceptors (Lipinski definition) is 3.